The molecule has 1 aromatic carbocycles. The van der Waals surface area contributed by atoms with Gasteiger partial charge in [0.2, 0.25) is 5.82 Å². The number of halogens is 2. The molecular formula is C12H7ClFN3O3. The van der Waals surface area contributed by atoms with Crippen LogP contribution < -0.4 is 5.32 Å². The van der Waals surface area contributed by atoms with Crippen molar-refractivity contribution >= 4 is 29.0 Å². The number of aromatic nitrogens is 1. The number of nitro groups is 1. The lowest BCUT2D eigenvalue weighted by Crippen LogP contribution is -2.13. The van der Waals surface area contributed by atoms with E-state index in [2.05, 4.69) is 10.3 Å². The Bertz CT molecular complexity index is 693. The predicted molar refractivity (Wildman–Crippen MR) is 70.3 cm³/mol. The maximum absolute atomic E-state index is 13.4. The van der Waals surface area contributed by atoms with E-state index in [4.69, 9.17) is 11.6 Å². The molecule has 0 saturated carbocycles. The summed E-state index contributed by atoms with van der Waals surface area (Å²) >= 11 is 5.66. The zero-order valence-corrected chi connectivity index (χ0v) is 10.6. The fourth-order valence-corrected chi connectivity index (χ4v) is 1.63. The number of carbonyl (C=O) groups excluding carboxylic acids is 1. The number of anilines is 1. The maximum Gasteiger partial charge on any atom is 0.304 e. The molecule has 6 nitrogen and oxygen atoms in total. The quantitative estimate of drug-likeness (QED) is 0.536. The van der Waals surface area contributed by atoms with Gasteiger partial charge in [-0.15, -0.1) is 0 Å². The van der Waals surface area contributed by atoms with Crippen molar-refractivity contribution in [3.05, 3.63) is 63.0 Å². The Morgan fingerprint density at radius 3 is 2.70 bits per heavy atom. The minimum absolute atomic E-state index is 0.0603. The van der Waals surface area contributed by atoms with Gasteiger partial charge in [0.25, 0.3) is 5.91 Å². The van der Waals surface area contributed by atoms with Crippen LogP contribution >= 0.6 is 11.6 Å². The molecule has 0 fully saturated rings. The molecule has 0 saturated heterocycles. The molecular weight excluding hydrogens is 289 g/mol. The van der Waals surface area contributed by atoms with E-state index in [1.54, 1.807) is 6.07 Å². The fourth-order valence-electron chi connectivity index (χ4n) is 1.46. The number of nitro benzene ring substituents is 1. The summed E-state index contributed by atoms with van der Waals surface area (Å²) in [6, 6.07) is 7.49. The zero-order chi connectivity index (χ0) is 14.7. The monoisotopic (exact) mass is 295 g/mol. The highest BCUT2D eigenvalue weighted by molar-refractivity contribution is 6.29. The molecule has 2 rings (SSSR count). The van der Waals surface area contributed by atoms with Crippen molar-refractivity contribution in [3.8, 4) is 0 Å². The van der Waals surface area contributed by atoms with Crippen molar-refractivity contribution in [1.82, 2.24) is 4.98 Å². The number of nitrogens with one attached hydrogen (secondary N) is 1. The molecule has 0 bridgehead atoms. The first-order valence-corrected chi connectivity index (χ1v) is 5.73. The van der Waals surface area contributed by atoms with E-state index in [9.17, 15) is 19.3 Å². The van der Waals surface area contributed by atoms with E-state index >= 15 is 0 Å². The van der Waals surface area contributed by atoms with Crippen LogP contribution in [-0.2, 0) is 0 Å². The summed E-state index contributed by atoms with van der Waals surface area (Å²) in [5.74, 6) is -1.53. The standard InChI is InChI=1S/C12H7ClFN3O3/c13-10-2-1-3-11(15-10)16-12(18)7-4-5-9(17(19)20)8(14)6-7/h1-6H,(H,15,16,18). The summed E-state index contributed by atoms with van der Waals surface area (Å²) in [7, 11) is 0. The third-order valence-electron chi connectivity index (χ3n) is 2.36. The normalized spacial score (nSPS) is 10.1. The van der Waals surface area contributed by atoms with Gasteiger partial charge in [-0.3, -0.25) is 14.9 Å². The Labute approximate surface area is 117 Å². The van der Waals surface area contributed by atoms with Crippen molar-refractivity contribution in [3.63, 3.8) is 0 Å². The van der Waals surface area contributed by atoms with E-state index in [1.165, 1.54) is 12.1 Å². The van der Waals surface area contributed by atoms with Crippen LogP contribution in [0.25, 0.3) is 0 Å². The minimum Gasteiger partial charge on any atom is -0.307 e. The van der Waals surface area contributed by atoms with Gasteiger partial charge in [-0.1, -0.05) is 17.7 Å². The average molecular weight is 296 g/mol. The molecule has 0 spiro atoms. The van der Waals surface area contributed by atoms with Gasteiger partial charge in [0.05, 0.1) is 4.92 Å². The number of hydrogen-bond acceptors (Lipinski definition) is 4. The van der Waals surface area contributed by atoms with Crippen LogP contribution in [0.2, 0.25) is 5.15 Å². The highest BCUT2D eigenvalue weighted by Gasteiger charge is 2.16. The third kappa shape index (κ3) is 3.07. The first-order valence-electron chi connectivity index (χ1n) is 5.35. The number of nitrogens with zero attached hydrogens (tertiary/aromatic N) is 2. The second kappa shape index (κ2) is 5.62. The van der Waals surface area contributed by atoms with E-state index in [0.29, 0.717) is 0 Å². The van der Waals surface area contributed by atoms with Gasteiger partial charge in [-0.05, 0) is 24.3 Å². The maximum atomic E-state index is 13.4. The smallest absolute Gasteiger partial charge is 0.304 e. The minimum atomic E-state index is -1.08. The lowest BCUT2D eigenvalue weighted by Gasteiger charge is -2.04. The molecule has 8 heteroatoms. The van der Waals surface area contributed by atoms with Gasteiger partial charge >= 0.3 is 5.69 Å². The number of carbonyl (C=O) groups is 1. The summed E-state index contributed by atoms with van der Waals surface area (Å²) in [6.45, 7) is 0. The Morgan fingerprint density at radius 2 is 2.10 bits per heavy atom. The molecule has 20 heavy (non-hydrogen) atoms. The van der Waals surface area contributed by atoms with Crippen molar-refractivity contribution in [2.45, 2.75) is 0 Å². The van der Waals surface area contributed by atoms with Gasteiger partial charge in [-0.25, -0.2) is 4.98 Å². The van der Waals surface area contributed by atoms with Crippen LogP contribution in [-0.4, -0.2) is 15.8 Å². The number of rotatable bonds is 3. The van der Waals surface area contributed by atoms with Gasteiger partial charge in [0.1, 0.15) is 11.0 Å². The van der Waals surface area contributed by atoms with E-state index in [0.717, 1.165) is 18.2 Å². The Hall–Kier alpha value is -2.54. The second-order valence-corrected chi connectivity index (χ2v) is 4.11. The topological polar surface area (TPSA) is 85.1 Å². The molecule has 2 aromatic rings. The average Bonchev–Trinajstić information content (AvgIpc) is 2.38. The SMILES string of the molecule is O=C(Nc1cccc(Cl)n1)c1ccc([N+](=O)[O-])c(F)c1. The highest BCUT2D eigenvalue weighted by Crippen LogP contribution is 2.19. The molecule has 102 valence electrons. The molecule has 0 unspecified atom stereocenters. The highest BCUT2D eigenvalue weighted by atomic mass is 35.5. The van der Waals surface area contributed by atoms with Gasteiger partial charge in [-0.2, -0.15) is 4.39 Å². The first-order chi connectivity index (χ1) is 9.47. The van der Waals surface area contributed by atoms with Gasteiger partial charge in [0.15, 0.2) is 0 Å². The van der Waals surface area contributed by atoms with Gasteiger partial charge in [0, 0.05) is 11.6 Å². The molecule has 0 aliphatic heterocycles. The first kappa shape index (κ1) is 13.9. The molecule has 1 N–H and O–H groups in total. The molecule has 1 amide bonds. The Morgan fingerprint density at radius 1 is 1.35 bits per heavy atom. The largest absolute Gasteiger partial charge is 0.307 e. The third-order valence-corrected chi connectivity index (χ3v) is 2.57. The van der Waals surface area contributed by atoms with E-state index in [1.807, 2.05) is 0 Å². The molecule has 1 heterocycles. The Kier molecular flexibility index (Phi) is 3.90. The van der Waals surface area contributed by atoms with E-state index in [-0.39, 0.29) is 16.5 Å². The second-order valence-electron chi connectivity index (χ2n) is 3.72. The van der Waals surface area contributed by atoms with Crippen LogP contribution in [0.3, 0.4) is 0 Å². The summed E-state index contributed by atoms with van der Waals surface area (Å²) in [5, 5.41) is 13.1. The van der Waals surface area contributed by atoms with Crippen LogP contribution in [0.15, 0.2) is 36.4 Å². The molecule has 0 atom stereocenters. The van der Waals surface area contributed by atoms with Crippen LogP contribution in [0.1, 0.15) is 10.4 Å². The lowest BCUT2D eigenvalue weighted by atomic mass is 10.2. The van der Waals surface area contributed by atoms with Gasteiger partial charge < -0.3 is 5.32 Å². The molecule has 0 aliphatic carbocycles. The van der Waals surface area contributed by atoms with Crippen molar-refractivity contribution in [1.29, 1.82) is 0 Å². The number of pyridine rings is 1. The summed E-state index contributed by atoms with van der Waals surface area (Å²) in [4.78, 5) is 25.3. The number of hydrogen-bond donors (Lipinski definition) is 1. The van der Waals surface area contributed by atoms with Crippen LogP contribution in [0, 0.1) is 15.9 Å². The molecule has 0 radical (unpaired) electrons. The summed E-state index contributed by atoms with van der Waals surface area (Å²) < 4.78 is 13.4. The number of amides is 1. The Balaban J connectivity index is 2.22. The summed E-state index contributed by atoms with van der Waals surface area (Å²) in [6.07, 6.45) is 0. The lowest BCUT2D eigenvalue weighted by molar-refractivity contribution is -0.387. The zero-order valence-electron chi connectivity index (χ0n) is 9.84. The molecule has 1 aromatic heterocycles. The van der Waals surface area contributed by atoms with Crippen molar-refractivity contribution < 1.29 is 14.1 Å². The molecule has 0 aliphatic rings. The van der Waals surface area contributed by atoms with Crippen molar-refractivity contribution in [2.75, 3.05) is 5.32 Å². The van der Waals surface area contributed by atoms with Crippen LogP contribution in [0.4, 0.5) is 15.9 Å². The predicted octanol–water partition coefficient (Wildman–Crippen LogP) is 3.03. The van der Waals surface area contributed by atoms with Crippen molar-refractivity contribution in [2.24, 2.45) is 0 Å². The van der Waals surface area contributed by atoms with E-state index < -0.39 is 22.3 Å². The van der Waals surface area contributed by atoms with Crippen LogP contribution in [0.5, 0.6) is 0 Å². The summed E-state index contributed by atoms with van der Waals surface area (Å²) in [5.41, 5.74) is -0.752. The number of benzene rings is 1. The fraction of sp³-hybridized carbons (Fsp3) is 0.